The summed E-state index contributed by atoms with van der Waals surface area (Å²) in [6, 6.07) is 6.22. The van der Waals surface area contributed by atoms with Crippen molar-refractivity contribution in [2.75, 3.05) is 6.54 Å². The van der Waals surface area contributed by atoms with Crippen LogP contribution in [0.2, 0.25) is 0 Å². The van der Waals surface area contributed by atoms with Crippen molar-refractivity contribution in [3.8, 4) is 0 Å². The fourth-order valence-electron chi connectivity index (χ4n) is 6.82. The molecule has 6 atom stereocenters. The number of ketones is 3. The summed E-state index contributed by atoms with van der Waals surface area (Å²) in [4.78, 5) is 80.3. The number of benzene rings is 1. The molecule has 2 amide bonds. The maximum absolute atomic E-state index is 15.0. The average Bonchev–Trinajstić information content (AvgIpc) is 3.51. The second kappa shape index (κ2) is 15.5. The SMILES string of the molecule is CCCC(CC(=O)[C@@H]1[C@H]2CCC(F)(F)C2CN1C(=O)[C@@H](NC(=O)OC(C)C)C(C)(C)C)C(=O)C(=O)C[C@H](Cc1ccccc1)C(=O)O. The highest BCUT2D eigenvalue weighted by Crippen LogP contribution is 2.52. The summed E-state index contributed by atoms with van der Waals surface area (Å²) in [5.41, 5.74) is -0.191. The van der Waals surface area contributed by atoms with E-state index in [-0.39, 0.29) is 19.3 Å². The van der Waals surface area contributed by atoms with Crippen LogP contribution in [-0.2, 0) is 35.1 Å². The smallest absolute Gasteiger partial charge is 0.408 e. The van der Waals surface area contributed by atoms with Crippen molar-refractivity contribution < 1.29 is 47.4 Å². The number of Topliss-reactive ketones (excluding diaryl/α,β-unsaturated/α-hetero) is 3. The molecule has 1 aromatic carbocycles. The monoisotopic (exact) mass is 662 g/mol. The van der Waals surface area contributed by atoms with Crippen LogP contribution in [0, 0.1) is 29.1 Å². The van der Waals surface area contributed by atoms with Crippen LogP contribution in [0.1, 0.15) is 85.6 Å². The molecular weight excluding hydrogens is 614 g/mol. The van der Waals surface area contributed by atoms with Crippen LogP contribution in [0.4, 0.5) is 13.6 Å². The van der Waals surface area contributed by atoms with E-state index in [4.69, 9.17) is 4.74 Å². The molecule has 0 radical (unpaired) electrons. The molecule has 2 N–H and O–H groups in total. The van der Waals surface area contributed by atoms with E-state index in [0.29, 0.717) is 12.0 Å². The normalized spacial score (nSPS) is 22.2. The number of halogens is 2. The first kappa shape index (κ1) is 37.8. The minimum Gasteiger partial charge on any atom is -0.481 e. The molecule has 2 aliphatic rings. The molecule has 1 heterocycles. The van der Waals surface area contributed by atoms with Crippen molar-refractivity contribution in [1.29, 1.82) is 0 Å². The lowest BCUT2D eigenvalue weighted by Crippen LogP contribution is -2.57. The molecule has 260 valence electrons. The van der Waals surface area contributed by atoms with Crippen molar-refractivity contribution in [1.82, 2.24) is 10.2 Å². The summed E-state index contributed by atoms with van der Waals surface area (Å²) in [5.74, 6) is -11.8. The second-order valence-corrected chi connectivity index (χ2v) is 14.3. The number of carboxylic acids is 1. The number of hydrogen-bond acceptors (Lipinski definition) is 7. The Morgan fingerprint density at radius 1 is 1.04 bits per heavy atom. The van der Waals surface area contributed by atoms with Gasteiger partial charge in [0.15, 0.2) is 11.6 Å². The van der Waals surface area contributed by atoms with Gasteiger partial charge in [-0.3, -0.25) is 24.0 Å². The van der Waals surface area contributed by atoms with Gasteiger partial charge in [-0.1, -0.05) is 64.4 Å². The summed E-state index contributed by atoms with van der Waals surface area (Å²) in [7, 11) is 0. The van der Waals surface area contributed by atoms with Gasteiger partial charge < -0.3 is 20.1 Å². The molecular formula is C35H48F2N2O8. The van der Waals surface area contributed by atoms with Gasteiger partial charge in [0, 0.05) is 37.6 Å². The molecule has 2 unspecified atom stereocenters. The summed E-state index contributed by atoms with van der Waals surface area (Å²) >= 11 is 0. The molecule has 47 heavy (non-hydrogen) atoms. The minimum absolute atomic E-state index is 0.00798. The summed E-state index contributed by atoms with van der Waals surface area (Å²) < 4.78 is 35.2. The zero-order valence-electron chi connectivity index (χ0n) is 28.1. The molecule has 1 aliphatic heterocycles. The zero-order valence-corrected chi connectivity index (χ0v) is 28.1. The van der Waals surface area contributed by atoms with Gasteiger partial charge in [-0.25, -0.2) is 13.6 Å². The second-order valence-electron chi connectivity index (χ2n) is 14.3. The number of rotatable bonds is 15. The van der Waals surface area contributed by atoms with E-state index in [1.807, 2.05) is 0 Å². The van der Waals surface area contributed by atoms with E-state index in [0.717, 1.165) is 4.90 Å². The highest BCUT2D eigenvalue weighted by molar-refractivity contribution is 6.38. The number of hydrogen-bond donors (Lipinski definition) is 2. The Kier molecular flexibility index (Phi) is 12.4. The molecule has 10 nitrogen and oxygen atoms in total. The Hall–Kier alpha value is -3.70. The molecule has 12 heteroatoms. The number of fused-ring (bicyclic) bond motifs is 1. The molecule has 1 aliphatic carbocycles. The highest BCUT2D eigenvalue weighted by Gasteiger charge is 2.61. The largest absolute Gasteiger partial charge is 0.481 e. The van der Waals surface area contributed by atoms with Crippen LogP contribution in [-0.4, -0.2) is 76.0 Å². The van der Waals surface area contributed by atoms with Crippen molar-refractivity contribution in [2.24, 2.45) is 29.1 Å². The van der Waals surface area contributed by atoms with Crippen molar-refractivity contribution in [3.63, 3.8) is 0 Å². The van der Waals surface area contributed by atoms with Crippen molar-refractivity contribution in [3.05, 3.63) is 35.9 Å². The lowest BCUT2D eigenvalue weighted by Gasteiger charge is -2.36. The predicted molar refractivity (Wildman–Crippen MR) is 169 cm³/mol. The Bertz CT molecular complexity index is 1330. The van der Waals surface area contributed by atoms with E-state index in [1.54, 1.807) is 71.9 Å². The van der Waals surface area contributed by atoms with Crippen LogP contribution in [0.15, 0.2) is 30.3 Å². The number of nitrogens with one attached hydrogen (secondary N) is 1. The topological polar surface area (TPSA) is 147 Å². The maximum Gasteiger partial charge on any atom is 0.408 e. The van der Waals surface area contributed by atoms with Gasteiger partial charge in [-0.15, -0.1) is 0 Å². The number of amides is 2. The molecule has 1 saturated carbocycles. The van der Waals surface area contributed by atoms with Crippen molar-refractivity contribution in [2.45, 2.75) is 111 Å². The Balaban J connectivity index is 1.86. The summed E-state index contributed by atoms with van der Waals surface area (Å²) in [6.07, 6.45) is -2.19. The van der Waals surface area contributed by atoms with Crippen LogP contribution in [0.3, 0.4) is 0 Å². The Morgan fingerprint density at radius 2 is 1.68 bits per heavy atom. The van der Waals surface area contributed by atoms with E-state index >= 15 is 8.78 Å². The summed E-state index contributed by atoms with van der Waals surface area (Å²) in [5, 5.41) is 12.3. The number of aliphatic carboxylic acids is 1. The number of alkyl carbamates (subject to hydrolysis) is 1. The lowest BCUT2D eigenvalue weighted by atomic mass is 9.82. The third kappa shape index (κ3) is 9.44. The van der Waals surface area contributed by atoms with Gasteiger partial charge in [0.05, 0.1) is 18.1 Å². The van der Waals surface area contributed by atoms with Crippen molar-refractivity contribution >= 4 is 35.3 Å². The number of carbonyl (C=O) groups is 6. The van der Waals surface area contributed by atoms with Gasteiger partial charge in [-0.2, -0.15) is 0 Å². The minimum atomic E-state index is -3.11. The first-order valence-electron chi connectivity index (χ1n) is 16.4. The summed E-state index contributed by atoms with van der Waals surface area (Å²) in [6.45, 7) is 9.71. The maximum atomic E-state index is 15.0. The van der Waals surface area contributed by atoms with E-state index in [1.165, 1.54) is 0 Å². The fraction of sp³-hybridized carbons (Fsp3) is 0.657. The molecule has 1 saturated heterocycles. The average molecular weight is 663 g/mol. The van der Waals surface area contributed by atoms with Gasteiger partial charge in [0.2, 0.25) is 11.7 Å². The Morgan fingerprint density at radius 3 is 2.23 bits per heavy atom. The third-order valence-electron chi connectivity index (χ3n) is 9.17. The first-order valence-corrected chi connectivity index (χ1v) is 16.4. The molecule has 1 aromatic rings. The molecule has 2 fully saturated rings. The third-order valence-corrected chi connectivity index (χ3v) is 9.17. The van der Waals surface area contributed by atoms with E-state index in [2.05, 4.69) is 5.32 Å². The number of alkyl halides is 2. The predicted octanol–water partition coefficient (Wildman–Crippen LogP) is 5.26. The number of likely N-dealkylation sites (tertiary alicyclic amines) is 1. The van der Waals surface area contributed by atoms with E-state index < -0.39 is 114 Å². The Labute approximate surface area is 275 Å². The van der Waals surface area contributed by atoms with E-state index in [9.17, 15) is 33.9 Å². The number of ether oxygens (including phenoxy) is 1. The van der Waals surface area contributed by atoms with Crippen LogP contribution in [0.25, 0.3) is 0 Å². The number of carboxylic acid groups (broad SMARTS) is 1. The molecule has 3 rings (SSSR count). The zero-order chi connectivity index (χ0) is 35.3. The molecule has 0 spiro atoms. The molecule has 0 aromatic heterocycles. The van der Waals surface area contributed by atoms with Crippen LogP contribution in [0.5, 0.6) is 0 Å². The van der Waals surface area contributed by atoms with Gasteiger partial charge in [-0.05, 0) is 50.0 Å². The van der Waals surface area contributed by atoms with Gasteiger partial charge >= 0.3 is 12.1 Å². The van der Waals surface area contributed by atoms with Gasteiger partial charge in [0.25, 0.3) is 5.92 Å². The van der Waals surface area contributed by atoms with Crippen LogP contribution >= 0.6 is 0 Å². The van der Waals surface area contributed by atoms with Crippen LogP contribution < -0.4 is 5.32 Å². The lowest BCUT2D eigenvalue weighted by molar-refractivity contribution is -0.146. The molecule has 0 bridgehead atoms. The quantitative estimate of drug-likeness (QED) is 0.242. The fourth-order valence-corrected chi connectivity index (χ4v) is 6.82. The van der Waals surface area contributed by atoms with Gasteiger partial charge in [0.1, 0.15) is 6.04 Å². The number of nitrogens with zero attached hydrogens (tertiary/aromatic N) is 1. The first-order chi connectivity index (χ1) is 21.9. The number of carbonyl (C=O) groups excluding carboxylic acids is 5. The highest BCUT2D eigenvalue weighted by atomic mass is 19.3. The standard InChI is InChI=1S/C35H48F2N2O8/c1-7-11-22(29(42)27(41)18-23(32(44)45)16-21-12-9-8-10-13-21)17-26(40)28-24-14-15-35(36,37)25(24)19-39(28)31(43)30(34(4,5)6)38-33(46)47-20(2)3/h8-10,12-13,20,22-25,28,30H,7,11,14-19H2,1-6H3,(H,38,46)(H,44,45)/t22?,23-,24-,25?,28-,30+/m0/s1.